The Bertz CT molecular complexity index is 418. The van der Waals surface area contributed by atoms with Crippen molar-refractivity contribution in [3.8, 4) is 0 Å². The van der Waals surface area contributed by atoms with Crippen molar-refractivity contribution in [1.29, 1.82) is 0 Å². The highest BCUT2D eigenvalue weighted by Crippen LogP contribution is 2.30. The molecule has 110 valence electrons. The van der Waals surface area contributed by atoms with E-state index in [2.05, 4.69) is 12.2 Å². The third-order valence-corrected chi connectivity index (χ3v) is 4.46. The number of rotatable bonds is 6. The van der Waals surface area contributed by atoms with E-state index < -0.39 is 12.0 Å². The maximum Gasteiger partial charge on any atom is 0.325 e. The van der Waals surface area contributed by atoms with Crippen molar-refractivity contribution >= 4 is 5.97 Å². The Morgan fingerprint density at radius 3 is 2.65 bits per heavy atom. The Morgan fingerprint density at radius 1 is 1.30 bits per heavy atom. The van der Waals surface area contributed by atoms with Crippen LogP contribution in [0.5, 0.6) is 0 Å². The molecule has 1 aromatic rings. The number of hydrogen-bond donors (Lipinski definition) is 2. The van der Waals surface area contributed by atoms with Crippen molar-refractivity contribution in [2.75, 3.05) is 6.54 Å². The van der Waals surface area contributed by atoms with E-state index in [-0.39, 0.29) is 0 Å². The van der Waals surface area contributed by atoms with Gasteiger partial charge in [0.25, 0.3) is 0 Å². The van der Waals surface area contributed by atoms with Gasteiger partial charge in [-0.2, -0.15) is 0 Å². The van der Waals surface area contributed by atoms with Crippen molar-refractivity contribution in [3.05, 3.63) is 35.9 Å². The van der Waals surface area contributed by atoms with Crippen LogP contribution in [-0.2, 0) is 4.79 Å². The third-order valence-electron chi connectivity index (χ3n) is 4.46. The van der Waals surface area contributed by atoms with Crippen molar-refractivity contribution in [3.63, 3.8) is 0 Å². The largest absolute Gasteiger partial charge is 0.480 e. The summed E-state index contributed by atoms with van der Waals surface area (Å²) in [4.78, 5) is 11.4. The molecule has 0 amide bonds. The first-order valence-corrected chi connectivity index (χ1v) is 7.71. The lowest BCUT2D eigenvalue weighted by atomic mass is 9.80. The standard InChI is InChI=1S/C17H25NO2/c1-2-13-7-6-8-14(11-13)12-18-16(17(19)20)15-9-4-3-5-10-15/h3-5,9-10,13-14,16,18H,2,6-8,11-12H2,1H3,(H,19,20)/t13?,14?,16-/m1/s1. The summed E-state index contributed by atoms with van der Waals surface area (Å²) in [5, 5.41) is 12.6. The van der Waals surface area contributed by atoms with Gasteiger partial charge in [0.15, 0.2) is 0 Å². The van der Waals surface area contributed by atoms with Crippen LogP contribution in [0.1, 0.15) is 50.6 Å². The molecule has 20 heavy (non-hydrogen) atoms. The summed E-state index contributed by atoms with van der Waals surface area (Å²) in [6.07, 6.45) is 6.34. The van der Waals surface area contributed by atoms with Crippen LogP contribution in [-0.4, -0.2) is 17.6 Å². The van der Waals surface area contributed by atoms with Crippen molar-refractivity contribution < 1.29 is 9.90 Å². The molecule has 3 nitrogen and oxygen atoms in total. The van der Waals surface area contributed by atoms with Crippen molar-refractivity contribution in [2.45, 2.75) is 45.1 Å². The SMILES string of the molecule is CCC1CCCC(CN[C@@H](C(=O)O)c2ccccc2)C1. The Hall–Kier alpha value is -1.35. The first kappa shape index (κ1) is 15.0. The monoisotopic (exact) mass is 275 g/mol. The van der Waals surface area contributed by atoms with E-state index in [4.69, 9.17) is 0 Å². The Balaban J connectivity index is 1.91. The Labute approximate surface area is 121 Å². The zero-order valence-electron chi connectivity index (χ0n) is 12.2. The first-order chi connectivity index (χ1) is 9.70. The molecule has 1 aromatic carbocycles. The van der Waals surface area contributed by atoms with E-state index >= 15 is 0 Å². The van der Waals surface area contributed by atoms with Gasteiger partial charge in [-0.1, -0.05) is 56.5 Å². The molecule has 0 aromatic heterocycles. The second-order valence-electron chi connectivity index (χ2n) is 5.90. The molecule has 1 fully saturated rings. The molecule has 0 aliphatic heterocycles. The fourth-order valence-corrected chi connectivity index (χ4v) is 3.24. The molecule has 1 saturated carbocycles. The molecular weight excluding hydrogens is 250 g/mol. The molecule has 3 atom stereocenters. The number of benzene rings is 1. The minimum atomic E-state index is -0.793. The third kappa shape index (κ3) is 4.07. The lowest BCUT2D eigenvalue weighted by Gasteiger charge is -2.29. The zero-order valence-corrected chi connectivity index (χ0v) is 12.2. The van der Waals surface area contributed by atoms with Gasteiger partial charge in [-0.05, 0) is 36.8 Å². The lowest BCUT2D eigenvalue weighted by molar-refractivity contribution is -0.139. The number of nitrogens with one attached hydrogen (secondary N) is 1. The van der Waals surface area contributed by atoms with E-state index in [1.807, 2.05) is 30.3 Å². The maximum atomic E-state index is 11.4. The van der Waals surface area contributed by atoms with Gasteiger partial charge in [-0.25, -0.2) is 0 Å². The van der Waals surface area contributed by atoms with E-state index in [0.717, 1.165) is 18.0 Å². The maximum absolute atomic E-state index is 11.4. The average Bonchev–Trinajstić information content (AvgIpc) is 2.48. The van der Waals surface area contributed by atoms with Crippen LogP contribution < -0.4 is 5.32 Å². The van der Waals surface area contributed by atoms with Crippen LogP contribution in [0.4, 0.5) is 0 Å². The summed E-state index contributed by atoms with van der Waals surface area (Å²) in [7, 11) is 0. The lowest BCUT2D eigenvalue weighted by Crippen LogP contribution is -2.34. The summed E-state index contributed by atoms with van der Waals surface area (Å²) in [6, 6.07) is 8.86. The number of carboxylic acid groups (broad SMARTS) is 1. The minimum Gasteiger partial charge on any atom is -0.480 e. The van der Waals surface area contributed by atoms with E-state index in [0.29, 0.717) is 5.92 Å². The molecule has 2 unspecified atom stereocenters. The van der Waals surface area contributed by atoms with Crippen LogP contribution >= 0.6 is 0 Å². The second kappa shape index (κ2) is 7.44. The quantitative estimate of drug-likeness (QED) is 0.833. The molecule has 0 heterocycles. The molecule has 1 aliphatic rings. The highest BCUT2D eigenvalue weighted by Gasteiger charge is 2.24. The van der Waals surface area contributed by atoms with Gasteiger partial charge in [0.2, 0.25) is 0 Å². The molecule has 0 bridgehead atoms. The van der Waals surface area contributed by atoms with Crippen LogP contribution in [0, 0.1) is 11.8 Å². The van der Waals surface area contributed by atoms with Crippen molar-refractivity contribution in [2.24, 2.45) is 11.8 Å². The summed E-state index contributed by atoms with van der Waals surface area (Å²) in [6.45, 7) is 3.06. The predicted molar refractivity (Wildman–Crippen MR) is 80.6 cm³/mol. The molecule has 3 heteroatoms. The van der Waals surface area contributed by atoms with Gasteiger partial charge >= 0.3 is 5.97 Å². The Morgan fingerprint density at radius 2 is 2.00 bits per heavy atom. The van der Waals surface area contributed by atoms with Gasteiger partial charge < -0.3 is 10.4 Å². The van der Waals surface area contributed by atoms with Gasteiger partial charge in [-0.15, -0.1) is 0 Å². The van der Waals surface area contributed by atoms with Crippen LogP contribution in [0.25, 0.3) is 0 Å². The first-order valence-electron chi connectivity index (χ1n) is 7.71. The highest BCUT2D eigenvalue weighted by atomic mass is 16.4. The number of carbonyl (C=O) groups is 1. The van der Waals surface area contributed by atoms with Gasteiger partial charge in [0.05, 0.1) is 0 Å². The van der Waals surface area contributed by atoms with Crippen LogP contribution in [0.15, 0.2) is 30.3 Å². The minimum absolute atomic E-state index is 0.585. The van der Waals surface area contributed by atoms with Gasteiger partial charge in [0.1, 0.15) is 6.04 Å². The topological polar surface area (TPSA) is 49.3 Å². The molecular formula is C17H25NO2. The average molecular weight is 275 g/mol. The van der Waals surface area contributed by atoms with Crippen molar-refractivity contribution in [1.82, 2.24) is 5.32 Å². The normalized spacial score (nSPS) is 24.2. The fraction of sp³-hybridized carbons (Fsp3) is 0.588. The molecule has 0 spiro atoms. The van der Waals surface area contributed by atoms with Gasteiger partial charge in [0, 0.05) is 0 Å². The van der Waals surface area contributed by atoms with Gasteiger partial charge in [-0.3, -0.25) is 4.79 Å². The molecule has 0 radical (unpaired) electrons. The molecule has 2 rings (SSSR count). The second-order valence-corrected chi connectivity index (χ2v) is 5.90. The summed E-state index contributed by atoms with van der Waals surface area (Å²) < 4.78 is 0. The van der Waals surface area contributed by atoms with E-state index in [1.54, 1.807) is 0 Å². The molecule has 1 aliphatic carbocycles. The number of hydrogen-bond acceptors (Lipinski definition) is 2. The summed E-state index contributed by atoms with van der Waals surface area (Å²) >= 11 is 0. The van der Waals surface area contributed by atoms with E-state index in [9.17, 15) is 9.90 Å². The van der Waals surface area contributed by atoms with Crippen LogP contribution in [0.2, 0.25) is 0 Å². The number of carboxylic acids is 1. The Kier molecular flexibility index (Phi) is 5.60. The molecule has 2 N–H and O–H groups in total. The molecule has 0 saturated heterocycles. The fourth-order valence-electron chi connectivity index (χ4n) is 3.24. The highest BCUT2D eigenvalue weighted by molar-refractivity contribution is 5.75. The smallest absolute Gasteiger partial charge is 0.325 e. The zero-order chi connectivity index (χ0) is 14.4. The number of aliphatic carboxylic acids is 1. The van der Waals surface area contributed by atoms with Crippen LogP contribution in [0.3, 0.4) is 0 Å². The summed E-state index contributed by atoms with van der Waals surface area (Å²) in [5.74, 6) is 0.661. The summed E-state index contributed by atoms with van der Waals surface area (Å²) in [5.41, 5.74) is 0.836. The van der Waals surface area contributed by atoms with E-state index in [1.165, 1.54) is 32.1 Å². The predicted octanol–water partition coefficient (Wildman–Crippen LogP) is 3.62.